The van der Waals surface area contributed by atoms with Crippen LogP contribution < -0.4 is 0 Å². The molecule has 1 amide bonds. The van der Waals surface area contributed by atoms with Crippen LogP contribution in [0, 0.1) is 0 Å². The van der Waals surface area contributed by atoms with E-state index in [1.54, 1.807) is 4.90 Å². The summed E-state index contributed by atoms with van der Waals surface area (Å²) in [5.41, 5.74) is 2.94. The third-order valence-electron chi connectivity index (χ3n) is 4.75. The van der Waals surface area contributed by atoms with Gasteiger partial charge in [0.1, 0.15) is 12.0 Å². The average molecular weight is 365 g/mol. The van der Waals surface area contributed by atoms with E-state index >= 15 is 0 Å². The van der Waals surface area contributed by atoms with Crippen molar-refractivity contribution in [2.45, 2.75) is 25.0 Å². The molecule has 2 aromatic heterocycles. The predicted octanol–water partition coefficient (Wildman–Crippen LogP) is 0.174. The number of aromatic nitrogens is 3. The number of piperazine rings is 1. The van der Waals surface area contributed by atoms with Crippen LogP contribution >= 0.6 is 0 Å². The standard InChI is InChI=1S/C15H19N5O4S/c21-15(14-12-2-1-3-13(12)16-17-14)19-5-7-20(8-6-19)25(22,23)10-11-4-9-24-18-11/h4,9H,1-3,5-8,10H2,(H,16,17). The van der Waals surface area contributed by atoms with E-state index in [-0.39, 0.29) is 24.7 Å². The molecule has 25 heavy (non-hydrogen) atoms. The minimum atomic E-state index is -3.47. The lowest BCUT2D eigenvalue weighted by molar-refractivity contribution is 0.0690. The molecule has 0 bridgehead atoms. The first-order valence-corrected chi connectivity index (χ1v) is 9.88. The smallest absolute Gasteiger partial charge is 0.274 e. The van der Waals surface area contributed by atoms with Crippen LogP contribution in [0.15, 0.2) is 16.9 Å². The van der Waals surface area contributed by atoms with E-state index in [9.17, 15) is 13.2 Å². The van der Waals surface area contributed by atoms with Gasteiger partial charge in [-0.05, 0) is 19.3 Å². The van der Waals surface area contributed by atoms with Gasteiger partial charge in [-0.1, -0.05) is 5.16 Å². The zero-order valence-corrected chi connectivity index (χ0v) is 14.5. The second-order valence-electron chi connectivity index (χ2n) is 6.32. The number of carbonyl (C=O) groups excluding carboxylic acids is 1. The van der Waals surface area contributed by atoms with Gasteiger partial charge in [0.05, 0.1) is 5.69 Å². The highest BCUT2D eigenvalue weighted by atomic mass is 32.2. The number of amides is 1. The first-order chi connectivity index (χ1) is 12.0. The number of H-pyrrole nitrogens is 1. The van der Waals surface area contributed by atoms with Crippen molar-refractivity contribution in [2.75, 3.05) is 26.2 Å². The Bertz CT molecular complexity index is 866. The summed E-state index contributed by atoms with van der Waals surface area (Å²) in [5.74, 6) is -0.308. The molecule has 9 nitrogen and oxygen atoms in total. The summed E-state index contributed by atoms with van der Waals surface area (Å²) in [4.78, 5) is 14.4. The lowest BCUT2D eigenvalue weighted by Gasteiger charge is -2.33. The van der Waals surface area contributed by atoms with E-state index in [1.165, 1.54) is 16.6 Å². The van der Waals surface area contributed by atoms with E-state index in [4.69, 9.17) is 0 Å². The summed E-state index contributed by atoms with van der Waals surface area (Å²) < 4.78 is 31.0. The highest BCUT2D eigenvalue weighted by Crippen LogP contribution is 2.24. The van der Waals surface area contributed by atoms with Crippen LogP contribution in [-0.2, 0) is 28.6 Å². The topological polar surface area (TPSA) is 112 Å². The van der Waals surface area contributed by atoms with Gasteiger partial charge < -0.3 is 9.42 Å². The number of aryl methyl sites for hydroxylation is 1. The van der Waals surface area contributed by atoms with Crippen molar-refractivity contribution in [3.05, 3.63) is 35.0 Å². The Morgan fingerprint density at radius 2 is 2.04 bits per heavy atom. The third kappa shape index (κ3) is 3.07. The van der Waals surface area contributed by atoms with Gasteiger partial charge in [0.25, 0.3) is 5.91 Å². The summed E-state index contributed by atoms with van der Waals surface area (Å²) in [6.07, 6.45) is 4.20. The number of nitrogens with one attached hydrogen (secondary N) is 1. The number of hydrogen-bond acceptors (Lipinski definition) is 6. The van der Waals surface area contributed by atoms with Crippen molar-refractivity contribution in [1.82, 2.24) is 24.6 Å². The Morgan fingerprint density at radius 3 is 2.76 bits per heavy atom. The van der Waals surface area contributed by atoms with Gasteiger partial charge in [-0.2, -0.15) is 9.40 Å². The Balaban J connectivity index is 1.40. The molecule has 1 N–H and O–H groups in total. The van der Waals surface area contributed by atoms with Crippen molar-refractivity contribution in [1.29, 1.82) is 0 Å². The van der Waals surface area contributed by atoms with Crippen molar-refractivity contribution in [3.8, 4) is 0 Å². The van der Waals surface area contributed by atoms with Crippen molar-refractivity contribution >= 4 is 15.9 Å². The lowest BCUT2D eigenvalue weighted by Crippen LogP contribution is -2.51. The summed E-state index contributed by atoms with van der Waals surface area (Å²) in [6.45, 7) is 1.27. The Hall–Kier alpha value is -2.20. The molecule has 0 radical (unpaired) electrons. The molecular formula is C15H19N5O4S. The van der Waals surface area contributed by atoms with Crippen molar-refractivity contribution < 1.29 is 17.7 Å². The Morgan fingerprint density at radius 1 is 1.24 bits per heavy atom. The number of hydrogen-bond donors (Lipinski definition) is 1. The second kappa shape index (κ2) is 6.26. The summed E-state index contributed by atoms with van der Waals surface area (Å²) in [6, 6.07) is 1.54. The molecule has 2 aliphatic rings. The third-order valence-corrected chi connectivity index (χ3v) is 6.56. The molecule has 2 aromatic rings. The van der Waals surface area contributed by atoms with Crippen LogP contribution in [0.2, 0.25) is 0 Å². The first-order valence-electron chi connectivity index (χ1n) is 8.27. The fraction of sp³-hybridized carbons (Fsp3) is 0.533. The number of nitrogens with zero attached hydrogens (tertiary/aromatic N) is 4. The van der Waals surface area contributed by atoms with Crippen LogP contribution in [0.1, 0.15) is 33.9 Å². The van der Waals surface area contributed by atoms with Gasteiger partial charge in [-0.3, -0.25) is 9.89 Å². The molecule has 10 heteroatoms. The van der Waals surface area contributed by atoms with Gasteiger partial charge in [0.2, 0.25) is 10.0 Å². The van der Waals surface area contributed by atoms with E-state index in [2.05, 4.69) is 19.9 Å². The van der Waals surface area contributed by atoms with Crippen molar-refractivity contribution in [3.63, 3.8) is 0 Å². The van der Waals surface area contributed by atoms with E-state index in [1.807, 2.05) is 0 Å². The van der Waals surface area contributed by atoms with Crippen LogP contribution in [0.4, 0.5) is 0 Å². The molecular weight excluding hydrogens is 346 g/mol. The fourth-order valence-corrected chi connectivity index (χ4v) is 4.83. The summed E-state index contributed by atoms with van der Waals surface area (Å²) in [5, 5.41) is 10.8. The molecule has 3 heterocycles. The van der Waals surface area contributed by atoms with Gasteiger partial charge in [0, 0.05) is 43.5 Å². The maximum Gasteiger partial charge on any atom is 0.274 e. The van der Waals surface area contributed by atoms with Crippen LogP contribution in [-0.4, -0.2) is 65.1 Å². The van der Waals surface area contributed by atoms with E-state index < -0.39 is 10.0 Å². The summed E-state index contributed by atoms with van der Waals surface area (Å²) in [7, 11) is -3.47. The maximum absolute atomic E-state index is 12.7. The SMILES string of the molecule is O=C(c1n[nH]c2c1CCC2)N1CCN(S(=O)(=O)Cc2ccon2)CC1. The highest BCUT2D eigenvalue weighted by Gasteiger charge is 2.32. The average Bonchev–Trinajstić information content (AvgIpc) is 3.32. The number of carbonyl (C=O) groups is 1. The Kier molecular flexibility index (Phi) is 4.08. The molecule has 1 aliphatic carbocycles. The molecule has 4 rings (SSSR count). The second-order valence-corrected chi connectivity index (χ2v) is 8.29. The Labute approximate surface area is 145 Å². The molecule has 1 saturated heterocycles. The van der Waals surface area contributed by atoms with Crippen molar-refractivity contribution in [2.24, 2.45) is 0 Å². The van der Waals surface area contributed by atoms with E-state index in [0.29, 0.717) is 24.5 Å². The number of rotatable bonds is 4. The monoisotopic (exact) mass is 365 g/mol. The molecule has 134 valence electrons. The van der Waals surface area contributed by atoms with Crippen LogP contribution in [0.3, 0.4) is 0 Å². The van der Waals surface area contributed by atoms with Gasteiger partial charge in [-0.25, -0.2) is 8.42 Å². The lowest BCUT2D eigenvalue weighted by atomic mass is 10.2. The highest BCUT2D eigenvalue weighted by molar-refractivity contribution is 7.88. The number of sulfonamides is 1. The molecule has 0 atom stereocenters. The number of fused-ring (bicyclic) bond motifs is 1. The normalized spacial score (nSPS) is 18.5. The van der Waals surface area contributed by atoms with Gasteiger partial charge in [0.15, 0.2) is 5.69 Å². The quantitative estimate of drug-likeness (QED) is 0.827. The fourth-order valence-electron chi connectivity index (χ4n) is 3.41. The van der Waals surface area contributed by atoms with E-state index in [0.717, 1.165) is 30.5 Å². The zero-order chi connectivity index (χ0) is 17.4. The summed E-state index contributed by atoms with van der Waals surface area (Å²) >= 11 is 0. The van der Waals surface area contributed by atoms with Crippen LogP contribution in [0.25, 0.3) is 0 Å². The molecule has 0 unspecified atom stereocenters. The van der Waals surface area contributed by atoms with Gasteiger partial charge in [-0.15, -0.1) is 0 Å². The van der Waals surface area contributed by atoms with Crippen LogP contribution in [0.5, 0.6) is 0 Å². The van der Waals surface area contributed by atoms with Gasteiger partial charge >= 0.3 is 0 Å². The maximum atomic E-state index is 12.7. The molecule has 0 saturated carbocycles. The molecule has 0 spiro atoms. The molecule has 1 aliphatic heterocycles. The largest absolute Gasteiger partial charge is 0.364 e. The minimum Gasteiger partial charge on any atom is -0.364 e. The zero-order valence-electron chi connectivity index (χ0n) is 13.6. The first kappa shape index (κ1) is 16.3. The predicted molar refractivity (Wildman–Crippen MR) is 87.2 cm³/mol. The molecule has 0 aromatic carbocycles. The number of aromatic amines is 1. The molecule has 1 fully saturated rings. The minimum absolute atomic E-state index is 0.118.